The highest BCUT2D eigenvalue weighted by Crippen LogP contribution is 2.24. The molecule has 6 nitrogen and oxygen atoms in total. The van der Waals surface area contributed by atoms with Crippen LogP contribution >= 0.6 is 0 Å². The zero-order chi connectivity index (χ0) is 17.8. The zero-order valence-electron chi connectivity index (χ0n) is 15.6. The summed E-state index contributed by atoms with van der Waals surface area (Å²) in [5.74, 6) is 0. The molecule has 0 aliphatic carbocycles. The molecule has 0 spiro atoms. The van der Waals surface area contributed by atoms with Crippen LogP contribution in [0.25, 0.3) is 0 Å². The molecule has 2 N–H and O–H groups in total. The molecule has 0 aromatic heterocycles. The predicted molar refractivity (Wildman–Crippen MR) is 93.0 cm³/mol. The Balaban J connectivity index is 1.92. The number of piperidine rings is 1. The Morgan fingerprint density at radius 2 is 2.04 bits per heavy atom. The maximum atomic E-state index is 12.5. The van der Waals surface area contributed by atoms with Gasteiger partial charge < -0.3 is 24.8 Å². The predicted octanol–water partition coefficient (Wildman–Crippen LogP) is 2.30. The second-order valence-electron chi connectivity index (χ2n) is 8.24. The van der Waals surface area contributed by atoms with Crippen LogP contribution in [0.5, 0.6) is 0 Å². The maximum Gasteiger partial charge on any atom is 0.410 e. The van der Waals surface area contributed by atoms with Crippen LogP contribution in [-0.4, -0.2) is 65.7 Å². The second kappa shape index (κ2) is 8.02. The number of nitrogens with one attached hydrogen (secondary N) is 1. The molecule has 0 saturated carbocycles. The van der Waals surface area contributed by atoms with Crippen molar-refractivity contribution in [2.45, 2.75) is 83.1 Å². The molecule has 2 atom stereocenters. The maximum absolute atomic E-state index is 12.5. The molecule has 0 bridgehead atoms. The summed E-state index contributed by atoms with van der Waals surface area (Å²) < 4.78 is 10.9. The van der Waals surface area contributed by atoms with E-state index in [4.69, 9.17) is 9.47 Å². The standard InChI is InChI=1S/C18H34N2O4/c1-14(19-13-18(22)8-11-23-12-9-18)15-7-5-6-10-20(15)16(21)24-17(2,3)4/h14-15,19,22H,5-13H2,1-4H3. The number of ether oxygens (including phenoxy) is 2. The molecule has 2 unspecified atom stereocenters. The molecule has 0 aromatic rings. The molecular formula is C18H34N2O4. The number of aliphatic hydroxyl groups is 1. The number of hydrogen-bond acceptors (Lipinski definition) is 5. The number of nitrogens with zero attached hydrogens (tertiary/aromatic N) is 1. The van der Waals surface area contributed by atoms with Gasteiger partial charge in [-0.05, 0) is 47.0 Å². The van der Waals surface area contributed by atoms with Crippen molar-refractivity contribution in [1.29, 1.82) is 0 Å². The largest absolute Gasteiger partial charge is 0.444 e. The SMILES string of the molecule is CC(NCC1(O)CCOCC1)C1CCCCN1C(=O)OC(C)(C)C. The van der Waals surface area contributed by atoms with Crippen LogP contribution in [-0.2, 0) is 9.47 Å². The van der Waals surface area contributed by atoms with E-state index in [0.29, 0.717) is 32.6 Å². The molecule has 24 heavy (non-hydrogen) atoms. The first-order chi connectivity index (χ1) is 11.2. The summed E-state index contributed by atoms with van der Waals surface area (Å²) in [6.45, 7) is 10.3. The summed E-state index contributed by atoms with van der Waals surface area (Å²) in [5, 5.41) is 14.1. The Hall–Kier alpha value is -0.850. The lowest BCUT2D eigenvalue weighted by atomic mass is 9.92. The first-order valence-corrected chi connectivity index (χ1v) is 9.23. The fraction of sp³-hybridized carbons (Fsp3) is 0.944. The lowest BCUT2D eigenvalue weighted by Crippen LogP contribution is -2.57. The quantitative estimate of drug-likeness (QED) is 0.820. The third-order valence-electron chi connectivity index (χ3n) is 4.93. The van der Waals surface area contributed by atoms with Gasteiger partial charge in [-0.2, -0.15) is 0 Å². The highest BCUT2D eigenvalue weighted by molar-refractivity contribution is 5.68. The summed E-state index contributed by atoms with van der Waals surface area (Å²) in [4.78, 5) is 14.4. The third kappa shape index (κ3) is 5.60. The summed E-state index contributed by atoms with van der Waals surface area (Å²) in [7, 11) is 0. The van der Waals surface area contributed by atoms with Gasteiger partial charge in [0.25, 0.3) is 0 Å². The van der Waals surface area contributed by atoms with E-state index in [2.05, 4.69) is 12.2 Å². The van der Waals surface area contributed by atoms with E-state index in [1.807, 2.05) is 25.7 Å². The van der Waals surface area contributed by atoms with Crippen LogP contribution in [0.1, 0.15) is 59.8 Å². The van der Waals surface area contributed by atoms with Gasteiger partial charge in [-0.1, -0.05) is 0 Å². The van der Waals surface area contributed by atoms with Gasteiger partial charge in [0, 0.05) is 45.2 Å². The molecule has 2 saturated heterocycles. The molecule has 6 heteroatoms. The second-order valence-corrected chi connectivity index (χ2v) is 8.24. The average Bonchev–Trinajstić information content (AvgIpc) is 2.52. The van der Waals surface area contributed by atoms with Crippen LogP contribution in [0.3, 0.4) is 0 Å². The minimum Gasteiger partial charge on any atom is -0.444 e. The number of carbonyl (C=O) groups excluding carboxylic acids is 1. The fourth-order valence-electron chi connectivity index (χ4n) is 3.44. The van der Waals surface area contributed by atoms with E-state index in [-0.39, 0.29) is 18.2 Å². The zero-order valence-corrected chi connectivity index (χ0v) is 15.6. The number of rotatable bonds is 4. The van der Waals surface area contributed by atoms with Gasteiger partial charge in [0.2, 0.25) is 0 Å². The van der Waals surface area contributed by atoms with Gasteiger partial charge in [0.05, 0.1) is 11.6 Å². The third-order valence-corrected chi connectivity index (χ3v) is 4.93. The molecule has 2 aliphatic rings. The highest BCUT2D eigenvalue weighted by atomic mass is 16.6. The monoisotopic (exact) mass is 342 g/mol. The van der Waals surface area contributed by atoms with Crippen molar-refractivity contribution in [3.8, 4) is 0 Å². The van der Waals surface area contributed by atoms with Crippen LogP contribution in [0, 0.1) is 0 Å². The lowest BCUT2D eigenvalue weighted by Gasteiger charge is -2.41. The van der Waals surface area contributed by atoms with E-state index in [0.717, 1.165) is 25.8 Å². The van der Waals surface area contributed by atoms with Crippen molar-refractivity contribution in [2.24, 2.45) is 0 Å². The van der Waals surface area contributed by atoms with E-state index >= 15 is 0 Å². The van der Waals surface area contributed by atoms with Crippen LogP contribution in [0.2, 0.25) is 0 Å². The van der Waals surface area contributed by atoms with Gasteiger partial charge in [-0.25, -0.2) is 4.79 Å². The molecule has 0 aromatic carbocycles. The average molecular weight is 342 g/mol. The smallest absolute Gasteiger partial charge is 0.410 e. The normalized spacial score (nSPS) is 26.0. The minimum atomic E-state index is -0.697. The van der Waals surface area contributed by atoms with Crippen molar-refractivity contribution in [2.75, 3.05) is 26.3 Å². The summed E-state index contributed by atoms with van der Waals surface area (Å²) in [6, 6.07) is 0.224. The molecule has 2 fully saturated rings. The van der Waals surface area contributed by atoms with Crippen LogP contribution < -0.4 is 5.32 Å². The lowest BCUT2D eigenvalue weighted by molar-refractivity contribution is -0.0640. The first kappa shape index (κ1) is 19.5. The van der Waals surface area contributed by atoms with Crippen LogP contribution in [0.4, 0.5) is 4.79 Å². The van der Waals surface area contributed by atoms with Gasteiger partial charge in [0.1, 0.15) is 5.60 Å². The summed E-state index contributed by atoms with van der Waals surface area (Å²) in [5.41, 5.74) is -1.18. The molecule has 2 rings (SSSR count). The summed E-state index contributed by atoms with van der Waals surface area (Å²) in [6.07, 6.45) is 4.19. The van der Waals surface area contributed by atoms with E-state index in [1.54, 1.807) is 0 Å². The van der Waals surface area contributed by atoms with Gasteiger partial charge in [-0.3, -0.25) is 0 Å². The number of carbonyl (C=O) groups is 1. The van der Waals surface area contributed by atoms with E-state index in [9.17, 15) is 9.90 Å². The van der Waals surface area contributed by atoms with E-state index in [1.165, 1.54) is 0 Å². The molecule has 1 amide bonds. The Morgan fingerprint density at radius 3 is 2.67 bits per heavy atom. The molecule has 2 heterocycles. The van der Waals surface area contributed by atoms with Crippen molar-refractivity contribution in [1.82, 2.24) is 10.2 Å². The fourth-order valence-corrected chi connectivity index (χ4v) is 3.44. The van der Waals surface area contributed by atoms with Crippen molar-refractivity contribution in [3.05, 3.63) is 0 Å². The van der Waals surface area contributed by atoms with Gasteiger partial charge in [-0.15, -0.1) is 0 Å². The Bertz CT molecular complexity index is 416. The van der Waals surface area contributed by atoms with Gasteiger partial charge in [0.15, 0.2) is 0 Å². The van der Waals surface area contributed by atoms with Crippen molar-refractivity contribution in [3.63, 3.8) is 0 Å². The topological polar surface area (TPSA) is 71.0 Å². The van der Waals surface area contributed by atoms with Crippen LogP contribution in [0.15, 0.2) is 0 Å². The van der Waals surface area contributed by atoms with Crippen molar-refractivity contribution < 1.29 is 19.4 Å². The van der Waals surface area contributed by atoms with Gasteiger partial charge >= 0.3 is 6.09 Å². The number of amides is 1. The first-order valence-electron chi connectivity index (χ1n) is 9.23. The molecule has 2 aliphatic heterocycles. The number of hydrogen-bond donors (Lipinski definition) is 2. The van der Waals surface area contributed by atoms with Crippen molar-refractivity contribution >= 4 is 6.09 Å². The summed E-state index contributed by atoms with van der Waals surface area (Å²) >= 11 is 0. The Morgan fingerprint density at radius 1 is 1.38 bits per heavy atom. The molecular weight excluding hydrogens is 308 g/mol. The Labute approximate surface area is 145 Å². The molecule has 0 radical (unpaired) electrons. The number of likely N-dealkylation sites (tertiary alicyclic amines) is 1. The molecule has 140 valence electrons. The van der Waals surface area contributed by atoms with E-state index < -0.39 is 11.2 Å². The highest BCUT2D eigenvalue weighted by Gasteiger charge is 2.35. The minimum absolute atomic E-state index is 0.108. The Kier molecular flexibility index (Phi) is 6.51.